The second-order valence-electron chi connectivity index (χ2n) is 3.40. The third kappa shape index (κ3) is 4.43. The topological polar surface area (TPSA) is 105 Å². The normalized spacial score (nSPS) is 10.4. The van der Waals surface area contributed by atoms with Crippen LogP contribution in [-0.4, -0.2) is 31.6 Å². The third-order valence-electron chi connectivity index (χ3n) is 1.96. The first-order valence-electron chi connectivity index (χ1n) is 5.02. The minimum Gasteiger partial charge on any atom is -0.481 e. The van der Waals surface area contributed by atoms with Crippen molar-refractivity contribution >= 4 is 17.7 Å². The molecule has 0 unspecified atom stereocenters. The molecule has 0 aliphatic carbocycles. The van der Waals surface area contributed by atoms with Crippen LogP contribution < -0.4 is 11.1 Å². The van der Waals surface area contributed by atoms with Gasteiger partial charge in [-0.1, -0.05) is 11.8 Å². The van der Waals surface area contributed by atoms with E-state index in [9.17, 15) is 14.4 Å². The number of carbonyl (C=O) groups is 1. The third-order valence-corrected chi connectivity index (χ3v) is 3.08. The molecule has 1 rings (SSSR count). The lowest BCUT2D eigenvalue weighted by atomic mass is 10.3. The molecule has 8 heteroatoms. The Morgan fingerprint density at radius 1 is 1.47 bits per heavy atom. The molecule has 0 aromatic carbocycles. The number of hydrogen-bond acceptors (Lipinski definition) is 5. The zero-order valence-electron chi connectivity index (χ0n) is 9.30. The summed E-state index contributed by atoms with van der Waals surface area (Å²) in [5.74, 6) is -0.163. The molecule has 1 aromatic heterocycles. The molecule has 0 saturated carbocycles. The van der Waals surface area contributed by atoms with Crippen molar-refractivity contribution in [1.29, 1.82) is 0 Å². The Balaban J connectivity index is 2.47. The summed E-state index contributed by atoms with van der Waals surface area (Å²) >= 11 is 1.31. The van der Waals surface area contributed by atoms with E-state index in [-0.39, 0.29) is 6.42 Å². The molecular formula is C9H13N3O4S. The van der Waals surface area contributed by atoms with E-state index < -0.39 is 17.1 Å². The van der Waals surface area contributed by atoms with Crippen LogP contribution in [0.15, 0.2) is 14.7 Å². The second-order valence-corrected chi connectivity index (χ2v) is 4.46. The van der Waals surface area contributed by atoms with E-state index in [1.165, 1.54) is 16.4 Å². The molecule has 0 bridgehead atoms. The van der Waals surface area contributed by atoms with Gasteiger partial charge < -0.3 is 5.11 Å². The summed E-state index contributed by atoms with van der Waals surface area (Å²) in [5.41, 5.74) is -1.56. The van der Waals surface area contributed by atoms with Crippen LogP contribution in [0.3, 0.4) is 0 Å². The van der Waals surface area contributed by atoms with Gasteiger partial charge in [-0.25, -0.2) is 0 Å². The number of carboxylic acids is 1. The highest BCUT2D eigenvalue weighted by atomic mass is 32.2. The highest BCUT2D eigenvalue weighted by Gasteiger charge is 2.04. The van der Waals surface area contributed by atoms with Crippen molar-refractivity contribution in [2.75, 3.05) is 5.75 Å². The van der Waals surface area contributed by atoms with E-state index in [0.29, 0.717) is 23.8 Å². The van der Waals surface area contributed by atoms with Crippen molar-refractivity contribution in [2.45, 2.75) is 24.4 Å². The first kappa shape index (κ1) is 13.5. The lowest BCUT2D eigenvalue weighted by molar-refractivity contribution is -0.137. The predicted octanol–water partition coefficient (Wildman–Crippen LogP) is -0.184. The van der Waals surface area contributed by atoms with Gasteiger partial charge in [0.15, 0.2) is 5.16 Å². The lowest BCUT2D eigenvalue weighted by Gasteiger charge is -2.04. The van der Waals surface area contributed by atoms with Crippen LogP contribution in [0.25, 0.3) is 0 Å². The van der Waals surface area contributed by atoms with Crippen molar-refractivity contribution in [2.24, 2.45) is 7.05 Å². The van der Waals surface area contributed by atoms with Crippen LogP contribution in [0, 0.1) is 0 Å². The van der Waals surface area contributed by atoms with Crippen LogP contribution in [0.2, 0.25) is 0 Å². The number of rotatable bonds is 6. The molecule has 0 atom stereocenters. The summed E-state index contributed by atoms with van der Waals surface area (Å²) in [6.07, 6.45) is 1.43. The first-order chi connectivity index (χ1) is 8.00. The molecular weight excluding hydrogens is 246 g/mol. The fourth-order valence-electron chi connectivity index (χ4n) is 1.13. The van der Waals surface area contributed by atoms with E-state index in [1.54, 1.807) is 7.05 Å². The first-order valence-corrected chi connectivity index (χ1v) is 6.01. The molecule has 0 saturated heterocycles. The van der Waals surface area contributed by atoms with Crippen LogP contribution in [-0.2, 0) is 11.8 Å². The maximum atomic E-state index is 11.0. The van der Waals surface area contributed by atoms with Gasteiger partial charge in [-0.2, -0.15) is 4.98 Å². The maximum absolute atomic E-state index is 11.0. The molecule has 1 heterocycles. The number of aliphatic carboxylic acids is 1. The molecule has 94 valence electrons. The predicted molar refractivity (Wildman–Crippen MR) is 62.3 cm³/mol. The Bertz CT molecular complexity index is 508. The summed E-state index contributed by atoms with van der Waals surface area (Å²) in [6.45, 7) is 0. The molecule has 7 nitrogen and oxygen atoms in total. The number of unbranched alkanes of at least 4 members (excludes halogenated alkanes) is 1. The molecule has 0 aliphatic rings. The van der Waals surface area contributed by atoms with Crippen molar-refractivity contribution in [3.05, 3.63) is 20.7 Å². The number of nitrogens with zero attached hydrogens (tertiary/aromatic N) is 2. The van der Waals surface area contributed by atoms with E-state index in [0.717, 1.165) is 0 Å². The minimum absolute atomic E-state index is 0.137. The lowest BCUT2D eigenvalue weighted by Crippen LogP contribution is -2.33. The molecule has 17 heavy (non-hydrogen) atoms. The van der Waals surface area contributed by atoms with Crippen molar-refractivity contribution in [3.63, 3.8) is 0 Å². The minimum atomic E-state index is -0.815. The number of aryl methyl sites for hydroxylation is 1. The van der Waals surface area contributed by atoms with Gasteiger partial charge in [-0.3, -0.25) is 24.2 Å². The summed E-state index contributed by atoms with van der Waals surface area (Å²) < 4.78 is 1.38. The largest absolute Gasteiger partial charge is 0.481 e. The van der Waals surface area contributed by atoms with E-state index in [2.05, 4.69) is 10.1 Å². The van der Waals surface area contributed by atoms with Crippen molar-refractivity contribution < 1.29 is 9.90 Å². The van der Waals surface area contributed by atoms with Gasteiger partial charge in [0.2, 0.25) is 0 Å². The summed E-state index contributed by atoms with van der Waals surface area (Å²) in [7, 11) is 1.59. The zero-order valence-corrected chi connectivity index (χ0v) is 10.1. The van der Waals surface area contributed by atoms with Crippen LogP contribution in [0.5, 0.6) is 0 Å². The Labute approximate surface area is 101 Å². The molecule has 0 amide bonds. The maximum Gasteiger partial charge on any atom is 0.339 e. The fraction of sp³-hybridized carbons (Fsp3) is 0.556. The molecule has 0 aliphatic heterocycles. The quantitative estimate of drug-likeness (QED) is 0.417. The van der Waals surface area contributed by atoms with Crippen LogP contribution in [0.4, 0.5) is 0 Å². The molecule has 1 aromatic rings. The highest BCUT2D eigenvalue weighted by Crippen LogP contribution is 2.13. The van der Waals surface area contributed by atoms with Gasteiger partial charge in [-0.15, -0.1) is 0 Å². The van der Waals surface area contributed by atoms with Crippen LogP contribution in [0.1, 0.15) is 19.3 Å². The smallest absolute Gasteiger partial charge is 0.339 e. The Morgan fingerprint density at radius 3 is 2.82 bits per heavy atom. The van der Waals surface area contributed by atoms with Crippen LogP contribution >= 0.6 is 11.8 Å². The summed E-state index contributed by atoms with van der Waals surface area (Å²) in [6, 6.07) is 0. The molecule has 2 N–H and O–H groups in total. The monoisotopic (exact) mass is 259 g/mol. The molecule has 0 fully saturated rings. The van der Waals surface area contributed by atoms with Gasteiger partial charge in [-0.05, 0) is 12.8 Å². The van der Waals surface area contributed by atoms with E-state index >= 15 is 0 Å². The second kappa shape index (κ2) is 6.24. The SMILES string of the molecule is Cn1[nH]c(=O)c(=O)nc1SCCCCC(=O)O. The fourth-order valence-corrected chi connectivity index (χ4v) is 2.05. The highest BCUT2D eigenvalue weighted by molar-refractivity contribution is 7.99. The van der Waals surface area contributed by atoms with Gasteiger partial charge >= 0.3 is 17.1 Å². The molecule has 0 spiro atoms. The number of carboxylic acid groups (broad SMARTS) is 1. The van der Waals surface area contributed by atoms with E-state index in [4.69, 9.17) is 5.11 Å². The average molecular weight is 259 g/mol. The zero-order chi connectivity index (χ0) is 12.8. The number of hydrogen-bond donors (Lipinski definition) is 2. The summed E-state index contributed by atoms with van der Waals surface area (Å²) in [4.78, 5) is 35.8. The van der Waals surface area contributed by atoms with Gasteiger partial charge in [0, 0.05) is 19.2 Å². The van der Waals surface area contributed by atoms with Crippen molar-refractivity contribution in [1.82, 2.24) is 14.8 Å². The van der Waals surface area contributed by atoms with Gasteiger partial charge in [0.25, 0.3) is 0 Å². The molecule has 0 radical (unpaired) electrons. The van der Waals surface area contributed by atoms with Crippen molar-refractivity contribution in [3.8, 4) is 0 Å². The van der Waals surface area contributed by atoms with Gasteiger partial charge in [0.05, 0.1) is 0 Å². The number of aromatic nitrogens is 3. The Hall–Kier alpha value is -1.57. The van der Waals surface area contributed by atoms with Gasteiger partial charge in [0.1, 0.15) is 0 Å². The Morgan fingerprint density at radius 2 is 2.18 bits per heavy atom. The standard InChI is InChI=1S/C9H13N3O4S/c1-12-9(10-7(15)8(16)11-12)17-5-3-2-4-6(13)14/h2-5H2,1H3,(H,11,16)(H,13,14). The van der Waals surface area contributed by atoms with E-state index in [1.807, 2.05) is 0 Å². The summed E-state index contributed by atoms with van der Waals surface area (Å²) in [5, 5.41) is 11.2. The number of aromatic amines is 1. The number of H-pyrrole nitrogens is 1. The average Bonchev–Trinajstić information content (AvgIpc) is 2.24. The number of nitrogens with one attached hydrogen (secondary N) is 1. The number of thioether (sulfide) groups is 1. The Kier molecular flexibility index (Phi) is 4.95.